The van der Waals surface area contributed by atoms with Gasteiger partial charge in [0.15, 0.2) is 5.96 Å². The van der Waals surface area contributed by atoms with Crippen molar-refractivity contribution in [3.8, 4) is 0 Å². The lowest BCUT2D eigenvalue weighted by Crippen LogP contribution is -2.51. The Balaban J connectivity index is 1.87. The minimum absolute atomic E-state index is 0.695. The van der Waals surface area contributed by atoms with Crippen LogP contribution >= 0.6 is 0 Å². The summed E-state index contributed by atoms with van der Waals surface area (Å²) in [6, 6.07) is 0.695. The van der Waals surface area contributed by atoms with E-state index in [4.69, 9.17) is 0 Å². The summed E-state index contributed by atoms with van der Waals surface area (Å²) in [5.41, 5.74) is 0. The Bertz CT molecular complexity index is 233. The molecule has 3 nitrogen and oxygen atoms in total. The zero-order valence-electron chi connectivity index (χ0n) is 10.00. The number of piperidine rings is 1. The molecule has 0 aromatic rings. The summed E-state index contributed by atoms with van der Waals surface area (Å²) in [5, 5.41) is 3.57. The molecule has 15 heavy (non-hydrogen) atoms. The molecule has 1 unspecified atom stereocenters. The Morgan fingerprint density at radius 1 is 1.27 bits per heavy atom. The fraction of sp³-hybridized carbons (Fsp3) is 0.917. The molecule has 0 bridgehead atoms. The molecular formula is C12H23N3. The summed E-state index contributed by atoms with van der Waals surface area (Å²) in [7, 11) is 1.90. The number of rotatable bonds is 1. The van der Waals surface area contributed by atoms with Crippen LogP contribution in [0.2, 0.25) is 0 Å². The fourth-order valence-corrected chi connectivity index (χ4v) is 2.41. The highest BCUT2D eigenvalue weighted by Gasteiger charge is 2.23. The van der Waals surface area contributed by atoms with E-state index in [2.05, 4.69) is 22.1 Å². The zero-order valence-corrected chi connectivity index (χ0v) is 10.00. The van der Waals surface area contributed by atoms with Gasteiger partial charge in [0, 0.05) is 26.2 Å². The van der Waals surface area contributed by atoms with E-state index in [1.807, 2.05) is 7.05 Å². The van der Waals surface area contributed by atoms with Gasteiger partial charge in [0.2, 0.25) is 0 Å². The molecule has 1 aliphatic carbocycles. The summed E-state index contributed by atoms with van der Waals surface area (Å²) in [6.45, 7) is 4.69. The van der Waals surface area contributed by atoms with Crippen molar-refractivity contribution in [3.05, 3.63) is 0 Å². The van der Waals surface area contributed by atoms with Gasteiger partial charge in [-0.3, -0.25) is 4.99 Å². The van der Waals surface area contributed by atoms with E-state index in [0.717, 1.165) is 11.9 Å². The van der Waals surface area contributed by atoms with Crippen LogP contribution in [0.25, 0.3) is 0 Å². The van der Waals surface area contributed by atoms with Gasteiger partial charge in [-0.2, -0.15) is 0 Å². The van der Waals surface area contributed by atoms with Crippen molar-refractivity contribution in [1.29, 1.82) is 0 Å². The van der Waals surface area contributed by atoms with Gasteiger partial charge in [0.25, 0.3) is 0 Å². The van der Waals surface area contributed by atoms with Gasteiger partial charge in [-0.1, -0.05) is 6.92 Å². The molecule has 0 radical (unpaired) electrons. The Labute approximate surface area is 92.9 Å². The Morgan fingerprint density at radius 2 is 2.07 bits per heavy atom. The van der Waals surface area contributed by atoms with Crippen LogP contribution in [0.1, 0.15) is 39.0 Å². The van der Waals surface area contributed by atoms with Crippen LogP contribution in [-0.4, -0.2) is 37.0 Å². The fourth-order valence-electron chi connectivity index (χ4n) is 2.41. The highest BCUT2D eigenvalue weighted by Crippen LogP contribution is 2.20. The molecule has 86 valence electrons. The Hall–Kier alpha value is -0.730. The van der Waals surface area contributed by atoms with Crippen LogP contribution < -0.4 is 5.32 Å². The maximum Gasteiger partial charge on any atom is 0.193 e. The lowest BCUT2D eigenvalue weighted by atomic mass is 9.93. The van der Waals surface area contributed by atoms with Gasteiger partial charge in [0.05, 0.1) is 0 Å². The van der Waals surface area contributed by atoms with Crippen molar-refractivity contribution in [2.75, 3.05) is 20.1 Å². The van der Waals surface area contributed by atoms with Crippen molar-refractivity contribution < 1.29 is 0 Å². The summed E-state index contributed by atoms with van der Waals surface area (Å²) < 4.78 is 0. The highest BCUT2D eigenvalue weighted by atomic mass is 15.3. The van der Waals surface area contributed by atoms with Crippen LogP contribution in [0.3, 0.4) is 0 Å². The minimum atomic E-state index is 0.695. The second-order valence-corrected chi connectivity index (χ2v) is 5.01. The smallest absolute Gasteiger partial charge is 0.193 e. The Morgan fingerprint density at radius 3 is 2.60 bits per heavy atom. The van der Waals surface area contributed by atoms with Crippen LogP contribution in [0.15, 0.2) is 4.99 Å². The molecule has 1 heterocycles. The lowest BCUT2D eigenvalue weighted by molar-refractivity contribution is 0.257. The van der Waals surface area contributed by atoms with Gasteiger partial charge in [-0.15, -0.1) is 0 Å². The molecule has 2 aliphatic rings. The normalized spacial score (nSPS) is 28.8. The highest BCUT2D eigenvalue weighted by molar-refractivity contribution is 5.80. The molecule has 3 heteroatoms. The largest absolute Gasteiger partial charge is 0.354 e. The third-order valence-corrected chi connectivity index (χ3v) is 3.61. The molecule has 1 atom stereocenters. The lowest BCUT2D eigenvalue weighted by Gasteiger charge is -2.37. The zero-order chi connectivity index (χ0) is 10.7. The minimum Gasteiger partial charge on any atom is -0.354 e. The first-order valence-corrected chi connectivity index (χ1v) is 6.28. The summed E-state index contributed by atoms with van der Waals surface area (Å²) >= 11 is 0. The molecule has 0 spiro atoms. The molecule has 0 aromatic carbocycles. The van der Waals surface area contributed by atoms with Crippen molar-refractivity contribution >= 4 is 5.96 Å². The summed E-state index contributed by atoms with van der Waals surface area (Å²) in [4.78, 5) is 6.82. The molecule has 2 rings (SSSR count). The topological polar surface area (TPSA) is 27.6 Å². The first-order chi connectivity index (χ1) is 7.29. The number of guanidine groups is 1. The first kappa shape index (κ1) is 10.8. The van der Waals surface area contributed by atoms with E-state index in [1.165, 1.54) is 45.2 Å². The summed E-state index contributed by atoms with van der Waals surface area (Å²) in [6.07, 6.45) is 6.71. The monoisotopic (exact) mass is 209 g/mol. The molecule has 0 amide bonds. The number of nitrogens with one attached hydrogen (secondary N) is 1. The van der Waals surface area contributed by atoms with E-state index in [9.17, 15) is 0 Å². The van der Waals surface area contributed by atoms with Gasteiger partial charge in [0.1, 0.15) is 0 Å². The standard InChI is InChI=1S/C12H23N3/c1-10-5-4-8-15(9-10)12(13-2)14-11-6-3-7-11/h10-11H,3-9H2,1-2H3,(H,13,14). The average Bonchev–Trinajstić information content (AvgIpc) is 2.16. The van der Waals surface area contributed by atoms with Crippen LogP contribution in [0, 0.1) is 5.92 Å². The quantitative estimate of drug-likeness (QED) is 0.527. The van der Waals surface area contributed by atoms with E-state index >= 15 is 0 Å². The average molecular weight is 209 g/mol. The molecule has 1 N–H and O–H groups in total. The first-order valence-electron chi connectivity index (χ1n) is 6.28. The van der Waals surface area contributed by atoms with Crippen LogP contribution in [0.4, 0.5) is 0 Å². The third kappa shape index (κ3) is 2.64. The number of hydrogen-bond acceptors (Lipinski definition) is 1. The second-order valence-electron chi connectivity index (χ2n) is 5.01. The van der Waals surface area contributed by atoms with Crippen LogP contribution in [-0.2, 0) is 0 Å². The second kappa shape index (κ2) is 4.86. The molecule has 2 fully saturated rings. The maximum absolute atomic E-state index is 4.40. The summed E-state index contributed by atoms with van der Waals surface area (Å²) in [5.74, 6) is 1.95. The molecule has 1 saturated heterocycles. The van der Waals surface area contributed by atoms with Crippen LogP contribution in [0.5, 0.6) is 0 Å². The maximum atomic E-state index is 4.40. The molecular weight excluding hydrogens is 186 g/mol. The predicted octanol–water partition coefficient (Wildman–Crippen LogP) is 1.85. The van der Waals surface area contributed by atoms with E-state index in [1.54, 1.807) is 0 Å². The van der Waals surface area contributed by atoms with Crippen molar-refractivity contribution in [1.82, 2.24) is 10.2 Å². The Kier molecular flexibility index (Phi) is 3.49. The SMILES string of the molecule is CN=C(NC1CCC1)N1CCCC(C)C1. The van der Waals surface area contributed by atoms with Gasteiger partial charge in [-0.05, 0) is 38.0 Å². The molecule has 1 aliphatic heterocycles. The third-order valence-electron chi connectivity index (χ3n) is 3.61. The van der Waals surface area contributed by atoms with Gasteiger partial charge < -0.3 is 10.2 Å². The number of aliphatic imine (C=N–C) groups is 1. The van der Waals surface area contributed by atoms with Crippen molar-refractivity contribution in [2.24, 2.45) is 10.9 Å². The molecule has 1 saturated carbocycles. The van der Waals surface area contributed by atoms with E-state index in [-0.39, 0.29) is 0 Å². The molecule has 0 aromatic heterocycles. The number of hydrogen-bond donors (Lipinski definition) is 1. The van der Waals surface area contributed by atoms with E-state index < -0.39 is 0 Å². The number of nitrogens with zero attached hydrogens (tertiary/aromatic N) is 2. The number of likely N-dealkylation sites (tertiary alicyclic amines) is 1. The van der Waals surface area contributed by atoms with Gasteiger partial charge >= 0.3 is 0 Å². The van der Waals surface area contributed by atoms with Crippen molar-refractivity contribution in [2.45, 2.75) is 45.1 Å². The predicted molar refractivity (Wildman–Crippen MR) is 64.1 cm³/mol. The van der Waals surface area contributed by atoms with E-state index in [0.29, 0.717) is 6.04 Å². The van der Waals surface area contributed by atoms with Gasteiger partial charge in [-0.25, -0.2) is 0 Å². The van der Waals surface area contributed by atoms with Crippen molar-refractivity contribution in [3.63, 3.8) is 0 Å².